The van der Waals surface area contributed by atoms with Crippen LogP contribution >= 0.6 is 11.8 Å². The van der Waals surface area contributed by atoms with Crippen LogP contribution in [0.15, 0.2) is 0 Å². The zero-order valence-electron chi connectivity index (χ0n) is 9.22. The average molecular weight is 239 g/mol. The lowest BCUT2D eigenvalue weighted by Gasteiger charge is -2.20. The molecule has 0 radical (unpaired) electrons. The molecule has 5 nitrogen and oxygen atoms in total. The van der Waals surface area contributed by atoms with Crippen LogP contribution in [-0.4, -0.2) is 20.2 Å². The monoisotopic (exact) mass is 239 g/mol. The smallest absolute Gasteiger partial charge is 0.225 e. The number of thioether (sulfide) groups is 1. The van der Waals surface area contributed by atoms with Gasteiger partial charge in [0.15, 0.2) is 0 Å². The van der Waals surface area contributed by atoms with Gasteiger partial charge < -0.3 is 11.5 Å². The van der Waals surface area contributed by atoms with Crippen LogP contribution in [-0.2, 0) is 5.75 Å². The van der Waals surface area contributed by atoms with E-state index in [2.05, 4.69) is 15.0 Å². The average Bonchev–Trinajstić information content (AvgIpc) is 2.27. The summed E-state index contributed by atoms with van der Waals surface area (Å²) in [5, 5.41) is 0.743. The maximum absolute atomic E-state index is 5.52. The zero-order chi connectivity index (χ0) is 11.4. The highest BCUT2D eigenvalue weighted by atomic mass is 32.2. The van der Waals surface area contributed by atoms with Crippen LogP contribution in [0.4, 0.5) is 11.9 Å². The minimum Gasteiger partial charge on any atom is -0.368 e. The Hall–Kier alpha value is -1.04. The van der Waals surface area contributed by atoms with Crippen molar-refractivity contribution in [3.8, 4) is 0 Å². The van der Waals surface area contributed by atoms with E-state index in [1.165, 1.54) is 32.1 Å². The zero-order valence-corrected chi connectivity index (χ0v) is 10.0. The minimum atomic E-state index is 0.215. The van der Waals surface area contributed by atoms with Crippen molar-refractivity contribution >= 4 is 23.7 Å². The highest BCUT2D eigenvalue weighted by Crippen LogP contribution is 2.29. The van der Waals surface area contributed by atoms with Crippen LogP contribution in [0.5, 0.6) is 0 Å². The van der Waals surface area contributed by atoms with Gasteiger partial charge in [0.1, 0.15) is 5.82 Å². The first-order valence-corrected chi connectivity index (χ1v) is 6.66. The van der Waals surface area contributed by atoms with Gasteiger partial charge in [-0.3, -0.25) is 0 Å². The highest BCUT2D eigenvalue weighted by Gasteiger charge is 2.14. The van der Waals surface area contributed by atoms with Crippen molar-refractivity contribution in [2.75, 3.05) is 11.5 Å². The second kappa shape index (κ2) is 5.34. The maximum atomic E-state index is 5.52. The van der Waals surface area contributed by atoms with Gasteiger partial charge in [-0.15, -0.1) is 0 Å². The first kappa shape index (κ1) is 11.4. The van der Waals surface area contributed by atoms with Gasteiger partial charge in [-0.2, -0.15) is 26.7 Å². The molecule has 0 amide bonds. The van der Waals surface area contributed by atoms with Crippen LogP contribution in [0.1, 0.15) is 37.9 Å². The van der Waals surface area contributed by atoms with E-state index >= 15 is 0 Å². The van der Waals surface area contributed by atoms with Crippen LogP contribution in [0.3, 0.4) is 0 Å². The molecule has 16 heavy (non-hydrogen) atoms. The molecule has 0 aromatic carbocycles. The summed E-state index contributed by atoms with van der Waals surface area (Å²) < 4.78 is 0. The first-order valence-electron chi connectivity index (χ1n) is 5.61. The molecule has 6 heteroatoms. The van der Waals surface area contributed by atoms with Gasteiger partial charge in [0.25, 0.3) is 0 Å². The quantitative estimate of drug-likeness (QED) is 0.832. The SMILES string of the molecule is Nc1nc(N)nc(CSC2CCCCC2)n1. The number of anilines is 2. The molecule has 1 aromatic rings. The molecule has 1 aliphatic carbocycles. The molecule has 1 heterocycles. The molecule has 1 aliphatic rings. The summed E-state index contributed by atoms with van der Waals surface area (Å²) in [4.78, 5) is 11.9. The number of hydrogen-bond donors (Lipinski definition) is 2. The largest absolute Gasteiger partial charge is 0.368 e. The van der Waals surface area contributed by atoms with Crippen molar-refractivity contribution in [1.29, 1.82) is 0 Å². The van der Waals surface area contributed by atoms with Crippen molar-refractivity contribution in [2.45, 2.75) is 43.1 Å². The van der Waals surface area contributed by atoms with Crippen LogP contribution in [0.25, 0.3) is 0 Å². The molecule has 0 bridgehead atoms. The normalized spacial score (nSPS) is 17.5. The Kier molecular flexibility index (Phi) is 3.82. The summed E-state index contributed by atoms with van der Waals surface area (Å²) in [6.45, 7) is 0. The van der Waals surface area contributed by atoms with Gasteiger partial charge in [0, 0.05) is 5.25 Å². The molecule has 88 valence electrons. The third kappa shape index (κ3) is 3.23. The molecule has 0 aliphatic heterocycles. The minimum absolute atomic E-state index is 0.215. The molecule has 0 saturated heterocycles. The number of nitrogen functional groups attached to an aromatic ring is 2. The Bertz CT molecular complexity index is 331. The number of aromatic nitrogens is 3. The third-order valence-electron chi connectivity index (χ3n) is 2.72. The fourth-order valence-electron chi connectivity index (χ4n) is 1.95. The molecule has 1 saturated carbocycles. The van der Waals surface area contributed by atoms with Gasteiger partial charge in [-0.1, -0.05) is 19.3 Å². The first-order chi connectivity index (χ1) is 7.74. The van der Waals surface area contributed by atoms with E-state index < -0.39 is 0 Å². The lowest BCUT2D eigenvalue weighted by molar-refractivity contribution is 0.516. The molecule has 4 N–H and O–H groups in total. The highest BCUT2D eigenvalue weighted by molar-refractivity contribution is 7.99. The van der Waals surface area contributed by atoms with E-state index in [0.717, 1.165) is 11.0 Å². The number of rotatable bonds is 3. The maximum Gasteiger partial charge on any atom is 0.225 e. The summed E-state index contributed by atoms with van der Waals surface area (Å²) in [6, 6.07) is 0. The van der Waals surface area contributed by atoms with E-state index in [-0.39, 0.29) is 11.9 Å². The second-order valence-corrected chi connectivity index (χ2v) is 5.33. The molecule has 1 aromatic heterocycles. The van der Waals surface area contributed by atoms with Gasteiger partial charge in [-0.25, -0.2) is 0 Å². The van der Waals surface area contributed by atoms with Crippen molar-refractivity contribution < 1.29 is 0 Å². The molecule has 2 rings (SSSR count). The third-order valence-corrected chi connectivity index (χ3v) is 4.08. The Morgan fingerprint density at radius 1 is 1.00 bits per heavy atom. The topological polar surface area (TPSA) is 90.7 Å². The molecular formula is C10H17N5S. The van der Waals surface area contributed by atoms with Gasteiger partial charge >= 0.3 is 0 Å². The van der Waals surface area contributed by atoms with Crippen molar-refractivity contribution in [3.63, 3.8) is 0 Å². The van der Waals surface area contributed by atoms with Crippen molar-refractivity contribution in [2.24, 2.45) is 0 Å². The molecule has 1 fully saturated rings. The van der Waals surface area contributed by atoms with E-state index in [1.54, 1.807) is 0 Å². The van der Waals surface area contributed by atoms with Crippen LogP contribution in [0.2, 0.25) is 0 Å². The fraction of sp³-hybridized carbons (Fsp3) is 0.700. The second-order valence-electron chi connectivity index (χ2n) is 4.04. The Morgan fingerprint density at radius 2 is 1.62 bits per heavy atom. The van der Waals surface area contributed by atoms with Gasteiger partial charge in [0.2, 0.25) is 11.9 Å². The number of hydrogen-bond acceptors (Lipinski definition) is 6. The lowest BCUT2D eigenvalue weighted by Crippen LogP contribution is -2.10. The predicted molar refractivity (Wildman–Crippen MR) is 66.8 cm³/mol. The summed E-state index contributed by atoms with van der Waals surface area (Å²) >= 11 is 1.90. The Labute approximate surface area is 99.4 Å². The number of nitrogens with zero attached hydrogens (tertiary/aromatic N) is 3. The molecule has 0 spiro atoms. The molecule has 0 unspecified atom stereocenters. The Balaban J connectivity index is 1.88. The summed E-state index contributed by atoms with van der Waals surface area (Å²) in [6.07, 6.45) is 6.68. The van der Waals surface area contributed by atoms with Gasteiger partial charge in [0.05, 0.1) is 5.75 Å². The molecule has 0 atom stereocenters. The molecular weight excluding hydrogens is 222 g/mol. The summed E-state index contributed by atoms with van der Waals surface area (Å²) in [5.41, 5.74) is 11.0. The number of nitrogens with two attached hydrogens (primary N) is 2. The van der Waals surface area contributed by atoms with Crippen LogP contribution in [0, 0.1) is 0 Å². The predicted octanol–water partition coefficient (Wildman–Crippen LogP) is 1.60. The summed E-state index contributed by atoms with van der Waals surface area (Å²) in [5.74, 6) is 1.90. The Morgan fingerprint density at radius 3 is 2.25 bits per heavy atom. The van der Waals surface area contributed by atoms with Gasteiger partial charge in [-0.05, 0) is 12.8 Å². The lowest BCUT2D eigenvalue weighted by atomic mass is 10.0. The van der Waals surface area contributed by atoms with Crippen molar-refractivity contribution in [3.05, 3.63) is 5.82 Å². The summed E-state index contributed by atoms with van der Waals surface area (Å²) in [7, 11) is 0. The van der Waals surface area contributed by atoms with E-state index in [4.69, 9.17) is 11.5 Å². The standard InChI is InChI=1S/C10H17N5S/c11-9-13-8(14-10(12)15-9)6-16-7-4-2-1-3-5-7/h7H,1-6H2,(H4,11,12,13,14,15). The van der Waals surface area contributed by atoms with Crippen molar-refractivity contribution in [1.82, 2.24) is 15.0 Å². The van der Waals surface area contributed by atoms with Crippen LogP contribution < -0.4 is 11.5 Å². The van der Waals surface area contributed by atoms with E-state index in [0.29, 0.717) is 5.82 Å². The van der Waals surface area contributed by atoms with E-state index in [9.17, 15) is 0 Å². The fourth-order valence-corrected chi connectivity index (χ4v) is 3.13. The van der Waals surface area contributed by atoms with E-state index in [1.807, 2.05) is 11.8 Å².